The van der Waals surface area contributed by atoms with Gasteiger partial charge in [-0.15, -0.1) is 0 Å². The van der Waals surface area contributed by atoms with Crippen molar-refractivity contribution in [3.05, 3.63) is 39.9 Å². The third-order valence-electron chi connectivity index (χ3n) is 14.4. The summed E-state index contributed by atoms with van der Waals surface area (Å²) in [6.07, 6.45) is 0.402. The number of nitro groups is 1. The fourth-order valence-corrected chi connectivity index (χ4v) is 10.8. The van der Waals surface area contributed by atoms with Crippen LogP contribution in [-0.2, 0) is 44.5 Å². The van der Waals surface area contributed by atoms with Crippen LogP contribution in [0.2, 0.25) is 0 Å². The number of rotatable bonds is 13. The molecule has 1 aromatic carbocycles. The number of nitrogens with one attached hydrogen (secondary N) is 1. The van der Waals surface area contributed by atoms with Gasteiger partial charge in [0.05, 0.1) is 64.8 Å². The Morgan fingerprint density at radius 1 is 1.00 bits per heavy atom. The number of hydrogen-bond donors (Lipinski definition) is 4. The topological polar surface area (TPSA) is 215 Å². The summed E-state index contributed by atoms with van der Waals surface area (Å²) in [5, 5.41) is 46.3. The molecule has 0 radical (unpaired) electrons. The quantitative estimate of drug-likeness (QED) is 0.138. The van der Waals surface area contributed by atoms with Crippen molar-refractivity contribution >= 4 is 17.7 Å². The maximum Gasteiger partial charge on any atom is 0.407 e. The van der Waals surface area contributed by atoms with Gasteiger partial charge in [0, 0.05) is 56.4 Å². The van der Waals surface area contributed by atoms with E-state index in [4.69, 9.17) is 33.2 Å². The van der Waals surface area contributed by atoms with Crippen LogP contribution in [0.4, 0.5) is 10.5 Å². The highest BCUT2D eigenvalue weighted by molar-refractivity contribution is 5.70. The van der Waals surface area contributed by atoms with E-state index in [9.17, 15) is 35.0 Å². The Morgan fingerprint density at radius 3 is 2.34 bits per heavy atom. The summed E-state index contributed by atoms with van der Waals surface area (Å²) in [7, 11) is 1.51. The number of carboxylic acids is 1. The van der Waals surface area contributed by atoms with Gasteiger partial charge in [0.1, 0.15) is 6.61 Å². The lowest BCUT2D eigenvalue weighted by atomic mass is 9.78. The van der Waals surface area contributed by atoms with Crippen LogP contribution in [0, 0.1) is 45.6 Å². The van der Waals surface area contributed by atoms with Gasteiger partial charge in [0.15, 0.2) is 5.79 Å². The number of aliphatic hydroxyl groups is 2. The fourth-order valence-electron chi connectivity index (χ4n) is 10.8. The number of alkyl carbamates (subject to hydrolysis) is 1. The van der Waals surface area contributed by atoms with Crippen LogP contribution in [0.25, 0.3) is 0 Å². The Kier molecular flexibility index (Phi) is 13.5. The highest BCUT2D eigenvalue weighted by Gasteiger charge is 2.61. The standard InChI is InChI=1S/C43H66N2O14/c1-23-18-25(3)43(50,22-54-39(49)44-21-29-10-12-30(13-11-29)45(51)52)58-34(23)32-19-24(2)37(55-32)41(8)15-14-33(56-41)40(7)16-17-42(59-40)20-31(46)26(4)36(57-42)27(5)35(53-9)28(6)38(47)48/h10-13,23-28,31-37,46,50H,14-22H2,1-9H3,(H,44,49)(H,47,48)/t23-,24-,25+,26+,27-,28?,31-,32+,33+,34-,35+,36-,37+,40-,41-,42+,43-/m0/s1. The molecule has 5 heterocycles. The van der Waals surface area contributed by atoms with Gasteiger partial charge in [-0.1, -0.05) is 46.8 Å². The van der Waals surface area contributed by atoms with Gasteiger partial charge in [-0.25, -0.2) is 4.79 Å². The zero-order chi connectivity index (χ0) is 43.2. The SMILES string of the molecule is CO[C@@H](C(C)C(=O)O)[C@H](C)[C@H]1O[C@@]2(CC[C@@](C)([C@H]3CC[C@@](C)([C@@H]4O[C@@H]([C@H]5O[C@@](O)(COC(=O)NCc6ccc([N+](=O)[O-])cc6)[C@H](C)C[C@@H]5C)C[C@@H]4C)O3)O2)C[C@H](O)[C@H]1C. The van der Waals surface area contributed by atoms with Crippen molar-refractivity contribution in [3.8, 4) is 0 Å². The van der Waals surface area contributed by atoms with Gasteiger partial charge in [-0.05, 0) is 70.3 Å². The monoisotopic (exact) mass is 834 g/mol. The van der Waals surface area contributed by atoms with E-state index >= 15 is 0 Å². The van der Waals surface area contributed by atoms with Gasteiger partial charge < -0.3 is 53.8 Å². The molecular formula is C43H66N2O14. The van der Waals surface area contributed by atoms with E-state index in [-0.39, 0.29) is 66.7 Å². The van der Waals surface area contributed by atoms with Crippen LogP contribution in [0.1, 0.15) is 106 Å². The van der Waals surface area contributed by atoms with Crippen LogP contribution < -0.4 is 5.32 Å². The summed E-state index contributed by atoms with van der Waals surface area (Å²) in [6, 6.07) is 5.83. The summed E-state index contributed by atoms with van der Waals surface area (Å²) >= 11 is 0. The van der Waals surface area contributed by atoms with Gasteiger partial charge >= 0.3 is 12.1 Å². The number of nitrogens with zero attached hydrogens (tertiary/aromatic N) is 1. The average Bonchev–Trinajstić information content (AvgIpc) is 3.89. The molecule has 0 aliphatic carbocycles. The van der Waals surface area contributed by atoms with E-state index in [0.717, 1.165) is 12.8 Å². The molecule has 5 aliphatic heterocycles. The second-order valence-corrected chi connectivity index (χ2v) is 18.9. The van der Waals surface area contributed by atoms with Gasteiger partial charge in [-0.2, -0.15) is 0 Å². The molecule has 5 aliphatic rings. The molecule has 5 saturated heterocycles. The second kappa shape index (κ2) is 17.4. The molecule has 0 saturated carbocycles. The first kappa shape index (κ1) is 45.6. The maximum absolute atomic E-state index is 12.6. The number of hydrogen-bond acceptors (Lipinski definition) is 13. The maximum atomic E-state index is 12.6. The number of methoxy groups -OCH3 is 1. The first-order valence-corrected chi connectivity index (χ1v) is 21.3. The van der Waals surface area contributed by atoms with Gasteiger partial charge in [-0.3, -0.25) is 14.9 Å². The average molecular weight is 835 g/mol. The van der Waals surface area contributed by atoms with Gasteiger partial charge in [0.2, 0.25) is 5.79 Å². The summed E-state index contributed by atoms with van der Waals surface area (Å²) in [5.41, 5.74) is -0.731. The van der Waals surface area contributed by atoms with Crippen LogP contribution in [0.15, 0.2) is 24.3 Å². The number of amides is 1. The van der Waals surface area contributed by atoms with Crippen LogP contribution in [0.3, 0.4) is 0 Å². The Bertz CT molecular complexity index is 1670. The summed E-state index contributed by atoms with van der Waals surface area (Å²) < 4.78 is 45.0. The highest BCUT2D eigenvalue weighted by Crippen LogP contribution is 2.54. The molecule has 16 heteroatoms. The molecule has 5 fully saturated rings. The minimum absolute atomic E-state index is 0.0473. The number of carbonyl (C=O) groups excluding carboxylic acids is 1. The van der Waals surface area contributed by atoms with Crippen LogP contribution in [0.5, 0.6) is 0 Å². The Balaban J connectivity index is 1.05. The third kappa shape index (κ3) is 9.30. The van der Waals surface area contributed by atoms with Crippen molar-refractivity contribution in [3.63, 3.8) is 0 Å². The molecule has 6 rings (SSSR count). The second-order valence-electron chi connectivity index (χ2n) is 18.9. The number of carboxylic acid groups (broad SMARTS) is 1. The van der Waals surface area contributed by atoms with E-state index in [1.807, 2.05) is 27.7 Å². The van der Waals surface area contributed by atoms with Crippen molar-refractivity contribution < 1.29 is 63.0 Å². The fraction of sp³-hybridized carbons (Fsp3) is 0.814. The van der Waals surface area contributed by atoms with Gasteiger partial charge in [0.25, 0.3) is 5.69 Å². The zero-order valence-corrected chi connectivity index (χ0v) is 36.0. The molecule has 0 aromatic heterocycles. The smallest absolute Gasteiger partial charge is 0.407 e. The molecule has 1 unspecified atom stereocenters. The summed E-state index contributed by atoms with van der Waals surface area (Å²) in [4.78, 5) is 35.0. The number of nitro benzene ring substituents is 1. The van der Waals surface area contributed by atoms with E-state index in [1.165, 1.54) is 19.2 Å². The number of non-ortho nitro benzene ring substituents is 1. The summed E-state index contributed by atoms with van der Waals surface area (Å²) in [6.45, 7) is 15.4. The van der Waals surface area contributed by atoms with Crippen molar-refractivity contribution in [2.24, 2.45) is 35.5 Å². The van der Waals surface area contributed by atoms with E-state index in [0.29, 0.717) is 37.7 Å². The molecule has 17 atom stereocenters. The lowest BCUT2D eigenvalue weighted by Gasteiger charge is -2.48. The number of aliphatic hydroxyl groups excluding tert-OH is 1. The third-order valence-corrected chi connectivity index (χ3v) is 14.4. The Hall–Kier alpha value is -2.96. The zero-order valence-electron chi connectivity index (χ0n) is 36.0. The molecular weight excluding hydrogens is 768 g/mol. The molecule has 4 N–H and O–H groups in total. The molecule has 1 spiro atoms. The normalized spacial score (nSPS) is 42.6. The predicted octanol–water partition coefficient (Wildman–Crippen LogP) is 5.73. The minimum Gasteiger partial charge on any atom is -0.481 e. The van der Waals surface area contributed by atoms with E-state index in [1.54, 1.807) is 19.1 Å². The molecule has 1 aromatic rings. The lowest BCUT2D eigenvalue weighted by molar-refractivity contribution is -0.384. The largest absolute Gasteiger partial charge is 0.481 e. The number of ether oxygens (including phenoxy) is 7. The lowest BCUT2D eigenvalue weighted by Crippen LogP contribution is -2.57. The molecule has 16 nitrogen and oxygen atoms in total. The Morgan fingerprint density at radius 2 is 1.69 bits per heavy atom. The predicted molar refractivity (Wildman–Crippen MR) is 212 cm³/mol. The van der Waals surface area contributed by atoms with Crippen molar-refractivity contribution in [1.29, 1.82) is 0 Å². The van der Waals surface area contributed by atoms with Crippen molar-refractivity contribution in [2.45, 2.75) is 172 Å². The van der Waals surface area contributed by atoms with E-state index < -0.39 is 70.1 Å². The molecule has 332 valence electrons. The van der Waals surface area contributed by atoms with Crippen LogP contribution in [-0.4, -0.2) is 112 Å². The van der Waals surface area contributed by atoms with Crippen molar-refractivity contribution in [1.82, 2.24) is 5.32 Å². The van der Waals surface area contributed by atoms with E-state index in [2.05, 4.69) is 26.1 Å². The minimum atomic E-state index is -1.74. The highest BCUT2D eigenvalue weighted by atomic mass is 16.7. The van der Waals surface area contributed by atoms with Crippen molar-refractivity contribution in [2.75, 3.05) is 13.7 Å². The number of benzene rings is 1. The number of aliphatic carboxylic acids is 1. The summed E-state index contributed by atoms with van der Waals surface area (Å²) in [5.74, 6) is -5.25. The number of carbonyl (C=O) groups is 2. The molecule has 59 heavy (non-hydrogen) atoms. The first-order chi connectivity index (χ1) is 27.6. The Labute approximate surface area is 347 Å². The first-order valence-electron chi connectivity index (χ1n) is 21.3. The molecule has 0 bridgehead atoms. The molecule has 1 amide bonds. The van der Waals surface area contributed by atoms with Crippen LogP contribution >= 0.6 is 0 Å².